The van der Waals surface area contributed by atoms with Gasteiger partial charge >= 0.3 is 0 Å². The van der Waals surface area contributed by atoms with Crippen molar-refractivity contribution >= 4 is 34.8 Å². The first-order chi connectivity index (χ1) is 12.5. The number of carbonyl (C=O) groups is 1. The van der Waals surface area contributed by atoms with Gasteiger partial charge in [-0.1, -0.05) is 35.3 Å². The number of hydrogen-bond donors (Lipinski definition) is 1. The van der Waals surface area contributed by atoms with Gasteiger partial charge in [-0.25, -0.2) is 4.39 Å². The van der Waals surface area contributed by atoms with Crippen LogP contribution in [0.2, 0.25) is 10.0 Å². The molecule has 1 aliphatic heterocycles. The lowest BCUT2D eigenvalue weighted by molar-refractivity contribution is -0.117. The van der Waals surface area contributed by atoms with Crippen molar-refractivity contribution in [3.63, 3.8) is 0 Å². The smallest absolute Gasteiger partial charge is 0.238 e. The Morgan fingerprint density at radius 1 is 1.04 bits per heavy atom. The summed E-state index contributed by atoms with van der Waals surface area (Å²) in [6.07, 6.45) is 0. The number of benzene rings is 2. The summed E-state index contributed by atoms with van der Waals surface area (Å²) in [5, 5.41) is 3.77. The first-order valence-electron chi connectivity index (χ1n) is 8.43. The Hall–Kier alpha value is -1.66. The van der Waals surface area contributed by atoms with Gasteiger partial charge in [0.15, 0.2) is 0 Å². The van der Waals surface area contributed by atoms with Crippen LogP contribution in [0.25, 0.3) is 0 Å². The molecule has 7 heteroatoms. The van der Waals surface area contributed by atoms with Crippen molar-refractivity contribution < 1.29 is 9.18 Å². The molecular weight excluding hydrogens is 376 g/mol. The Morgan fingerprint density at radius 2 is 1.77 bits per heavy atom. The first-order valence-corrected chi connectivity index (χ1v) is 9.19. The maximum atomic E-state index is 13.3. The van der Waals surface area contributed by atoms with E-state index < -0.39 is 0 Å². The van der Waals surface area contributed by atoms with E-state index in [1.807, 2.05) is 6.07 Å². The lowest BCUT2D eigenvalue weighted by Gasteiger charge is -2.34. The molecule has 2 aromatic rings. The summed E-state index contributed by atoms with van der Waals surface area (Å²) in [7, 11) is 0. The van der Waals surface area contributed by atoms with Gasteiger partial charge in [-0.3, -0.25) is 14.6 Å². The molecule has 0 radical (unpaired) electrons. The second-order valence-corrected chi connectivity index (χ2v) is 7.20. The van der Waals surface area contributed by atoms with Crippen molar-refractivity contribution in [2.45, 2.75) is 6.54 Å². The van der Waals surface area contributed by atoms with E-state index in [2.05, 4.69) is 15.1 Å². The van der Waals surface area contributed by atoms with Gasteiger partial charge in [0, 0.05) is 37.7 Å². The molecule has 0 spiro atoms. The highest BCUT2D eigenvalue weighted by Gasteiger charge is 2.19. The minimum Gasteiger partial charge on any atom is -0.324 e. The Bertz CT molecular complexity index is 779. The van der Waals surface area contributed by atoms with Gasteiger partial charge in [-0.15, -0.1) is 0 Å². The van der Waals surface area contributed by atoms with Crippen molar-refractivity contribution in [3.05, 3.63) is 63.9 Å². The molecule has 0 aliphatic carbocycles. The van der Waals surface area contributed by atoms with E-state index in [1.165, 1.54) is 6.07 Å². The summed E-state index contributed by atoms with van der Waals surface area (Å²) in [6.45, 7) is 4.29. The largest absolute Gasteiger partial charge is 0.324 e. The van der Waals surface area contributed by atoms with Gasteiger partial charge < -0.3 is 5.32 Å². The average Bonchev–Trinajstić information content (AvgIpc) is 2.59. The molecule has 3 rings (SSSR count). The molecule has 0 bridgehead atoms. The van der Waals surface area contributed by atoms with Crippen LogP contribution in [0, 0.1) is 5.82 Å². The molecular formula is C19H20Cl2FN3O. The molecule has 26 heavy (non-hydrogen) atoms. The lowest BCUT2D eigenvalue weighted by Crippen LogP contribution is -2.48. The Kier molecular flexibility index (Phi) is 6.48. The number of piperazine rings is 1. The van der Waals surface area contributed by atoms with E-state index in [4.69, 9.17) is 23.2 Å². The van der Waals surface area contributed by atoms with Crippen LogP contribution in [0.1, 0.15) is 5.56 Å². The Morgan fingerprint density at radius 3 is 2.46 bits per heavy atom. The van der Waals surface area contributed by atoms with E-state index in [-0.39, 0.29) is 11.7 Å². The van der Waals surface area contributed by atoms with E-state index in [0.29, 0.717) is 22.3 Å². The number of rotatable bonds is 5. The molecule has 0 saturated carbocycles. The van der Waals surface area contributed by atoms with Crippen molar-refractivity contribution in [1.82, 2.24) is 9.80 Å². The zero-order chi connectivity index (χ0) is 18.5. The maximum absolute atomic E-state index is 13.3. The van der Waals surface area contributed by atoms with E-state index in [1.54, 1.807) is 30.3 Å². The van der Waals surface area contributed by atoms with Crippen LogP contribution in [-0.2, 0) is 11.3 Å². The van der Waals surface area contributed by atoms with Gasteiger partial charge in [0.2, 0.25) is 5.91 Å². The summed E-state index contributed by atoms with van der Waals surface area (Å²) in [5.41, 5.74) is 1.53. The third kappa shape index (κ3) is 5.42. The number of amides is 1. The SMILES string of the molecule is O=C(CN1CCN(Cc2cccc(F)c2)CC1)Nc1ccc(Cl)cc1Cl. The minimum atomic E-state index is -0.210. The number of carbonyl (C=O) groups excluding carboxylic acids is 1. The lowest BCUT2D eigenvalue weighted by atomic mass is 10.2. The highest BCUT2D eigenvalue weighted by Crippen LogP contribution is 2.25. The second kappa shape index (κ2) is 8.82. The van der Waals surface area contributed by atoms with Crippen LogP contribution in [0.3, 0.4) is 0 Å². The summed E-state index contributed by atoms with van der Waals surface area (Å²) in [5.74, 6) is -0.313. The fourth-order valence-electron chi connectivity index (χ4n) is 2.98. The molecule has 1 N–H and O–H groups in total. The predicted molar refractivity (Wildman–Crippen MR) is 103 cm³/mol. The maximum Gasteiger partial charge on any atom is 0.238 e. The van der Waals surface area contributed by atoms with E-state index >= 15 is 0 Å². The molecule has 0 unspecified atom stereocenters. The zero-order valence-corrected chi connectivity index (χ0v) is 15.7. The number of halogens is 3. The predicted octanol–water partition coefficient (Wildman–Crippen LogP) is 3.89. The summed E-state index contributed by atoms with van der Waals surface area (Å²) < 4.78 is 13.3. The molecule has 0 aromatic heterocycles. The Balaban J connectivity index is 1.45. The van der Waals surface area contributed by atoms with Crippen LogP contribution in [0.15, 0.2) is 42.5 Å². The molecule has 1 amide bonds. The number of anilines is 1. The summed E-state index contributed by atoms with van der Waals surface area (Å²) >= 11 is 11.9. The standard InChI is InChI=1S/C19H20Cl2FN3O/c20-15-4-5-18(17(21)11-15)23-19(26)13-25-8-6-24(7-9-25)12-14-2-1-3-16(22)10-14/h1-5,10-11H,6-9,12-13H2,(H,23,26). The minimum absolute atomic E-state index is 0.104. The second-order valence-electron chi connectivity index (χ2n) is 6.35. The quantitative estimate of drug-likeness (QED) is 0.833. The molecule has 2 aromatic carbocycles. The number of nitrogens with one attached hydrogen (secondary N) is 1. The average molecular weight is 396 g/mol. The van der Waals surface area contributed by atoms with Crippen LogP contribution in [-0.4, -0.2) is 48.4 Å². The first kappa shape index (κ1) is 19.1. The van der Waals surface area contributed by atoms with Crippen LogP contribution < -0.4 is 5.32 Å². The normalized spacial score (nSPS) is 15.8. The van der Waals surface area contributed by atoms with Crippen molar-refractivity contribution in [2.24, 2.45) is 0 Å². The zero-order valence-electron chi connectivity index (χ0n) is 14.2. The van der Waals surface area contributed by atoms with Gasteiger partial charge in [-0.2, -0.15) is 0 Å². The third-order valence-corrected chi connectivity index (χ3v) is 4.88. The fourth-order valence-corrected chi connectivity index (χ4v) is 3.44. The molecule has 0 atom stereocenters. The highest BCUT2D eigenvalue weighted by molar-refractivity contribution is 6.36. The Labute approximate surface area is 162 Å². The number of hydrogen-bond acceptors (Lipinski definition) is 3. The van der Waals surface area contributed by atoms with Crippen LogP contribution in [0.4, 0.5) is 10.1 Å². The highest BCUT2D eigenvalue weighted by atomic mass is 35.5. The summed E-state index contributed by atoms with van der Waals surface area (Å²) in [6, 6.07) is 11.7. The molecule has 1 fully saturated rings. The topological polar surface area (TPSA) is 35.6 Å². The van der Waals surface area contributed by atoms with Crippen molar-refractivity contribution in [2.75, 3.05) is 38.0 Å². The van der Waals surface area contributed by atoms with E-state index in [0.717, 1.165) is 38.3 Å². The fraction of sp³-hybridized carbons (Fsp3) is 0.316. The van der Waals surface area contributed by atoms with Crippen molar-refractivity contribution in [3.8, 4) is 0 Å². The van der Waals surface area contributed by atoms with Gasteiger partial charge in [0.1, 0.15) is 5.82 Å². The van der Waals surface area contributed by atoms with Crippen molar-refractivity contribution in [1.29, 1.82) is 0 Å². The van der Waals surface area contributed by atoms with Crippen LogP contribution in [0.5, 0.6) is 0 Å². The monoisotopic (exact) mass is 395 g/mol. The van der Waals surface area contributed by atoms with Gasteiger partial charge in [0.05, 0.1) is 17.3 Å². The van der Waals surface area contributed by atoms with E-state index in [9.17, 15) is 9.18 Å². The number of nitrogens with zero attached hydrogens (tertiary/aromatic N) is 2. The molecule has 1 saturated heterocycles. The molecule has 1 heterocycles. The molecule has 1 aliphatic rings. The molecule has 138 valence electrons. The van der Waals surface area contributed by atoms with Gasteiger partial charge in [0.25, 0.3) is 0 Å². The molecule has 4 nitrogen and oxygen atoms in total. The summed E-state index contributed by atoms with van der Waals surface area (Å²) in [4.78, 5) is 16.6. The third-order valence-electron chi connectivity index (χ3n) is 4.33. The van der Waals surface area contributed by atoms with Crippen LogP contribution >= 0.6 is 23.2 Å². The van der Waals surface area contributed by atoms with Gasteiger partial charge in [-0.05, 0) is 35.9 Å².